The minimum atomic E-state index is -0.625. The fraction of sp³-hybridized carbons (Fsp3) is 0.533. The molecule has 1 aromatic carbocycles. The van der Waals surface area contributed by atoms with Gasteiger partial charge < -0.3 is 20.5 Å². The molecule has 21 heavy (non-hydrogen) atoms. The lowest BCUT2D eigenvalue weighted by molar-refractivity contribution is -0.130. The smallest absolute Gasteiger partial charge is 0.253 e. The van der Waals surface area contributed by atoms with Gasteiger partial charge in [0, 0.05) is 6.61 Å². The van der Waals surface area contributed by atoms with Gasteiger partial charge in [-0.25, -0.2) is 4.39 Å². The van der Waals surface area contributed by atoms with Crippen LogP contribution in [-0.4, -0.2) is 31.3 Å². The summed E-state index contributed by atoms with van der Waals surface area (Å²) in [6.45, 7) is 2.81. The molecule has 2 unspecified atom stereocenters. The molecule has 2 atom stereocenters. The molecule has 0 radical (unpaired) electrons. The van der Waals surface area contributed by atoms with Crippen LogP contribution in [0.5, 0.6) is 0 Å². The second-order valence-electron chi connectivity index (χ2n) is 5.18. The zero-order valence-corrected chi connectivity index (χ0v) is 12.1. The van der Waals surface area contributed by atoms with Crippen molar-refractivity contribution >= 4 is 17.3 Å². The number of anilines is 2. The molecule has 1 aliphatic rings. The number of nitrogens with two attached hydrogens (primary N) is 1. The number of ether oxygens (including phenoxy) is 2. The van der Waals surface area contributed by atoms with Gasteiger partial charge in [0.1, 0.15) is 11.9 Å². The number of rotatable bonds is 5. The maximum Gasteiger partial charge on any atom is 0.253 e. The summed E-state index contributed by atoms with van der Waals surface area (Å²) >= 11 is 0. The molecule has 0 spiro atoms. The summed E-state index contributed by atoms with van der Waals surface area (Å²) in [5.74, 6) is -0.756. The summed E-state index contributed by atoms with van der Waals surface area (Å²) in [5, 5.41) is 2.63. The van der Waals surface area contributed by atoms with Crippen molar-refractivity contribution in [2.24, 2.45) is 0 Å². The van der Waals surface area contributed by atoms with Crippen LogP contribution in [-0.2, 0) is 14.3 Å². The van der Waals surface area contributed by atoms with Crippen LogP contribution in [0.4, 0.5) is 15.8 Å². The largest absolute Gasteiger partial charge is 0.397 e. The topological polar surface area (TPSA) is 73.6 Å². The predicted octanol–water partition coefficient (Wildman–Crippen LogP) is 2.32. The highest BCUT2D eigenvalue weighted by atomic mass is 19.1. The van der Waals surface area contributed by atoms with Crippen molar-refractivity contribution in [3.8, 4) is 0 Å². The first kappa shape index (κ1) is 15.7. The molecule has 2 rings (SSSR count). The third kappa shape index (κ3) is 4.68. The summed E-state index contributed by atoms with van der Waals surface area (Å²) in [6, 6.07) is 3.84. The summed E-state index contributed by atoms with van der Waals surface area (Å²) in [7, 11) is 0. The monoisotopic (exact) mass is 296 g/mol. The molecule has 1 heterocycles. The highest BCUT2D eigenvalue weighted by molar-refractivity contribution is 5.96. The molecule has 0 aliphatic carbocycles. The average Bonchev–Trinajstić information content (AvgIpc) is 2.48. The van der Waals surface area contributed by atoms with Crippen LogP contribution in [0.15, 0.2) is 18.2 Å². The number of carbonyl (C=O) groups is 1. The highest BCUT2D eigenvalue weighted by Gasteiger charge is 2.19. The molecular formula is C15H21FN2O3. The molecule has 1 aliphatic heterocycles. The molecule has 1 saturated heterocycles. The van der Waals surface area contributed by atoms with E-state index in [1.54, 1.807) is 6.92 Å². The number of carbonyl (C=O) groups excluding carboxylic acids is 1. The third-order valence-electron chi connectivity index (χ3n) is 3.45. The lowest BCUT2D eigenvalue weighted by Crippen LogP contribution is -2.32. The summed E-state index contributed by atoms with van der Waals surface area (Å²) < 4.78 is 24.0. The van der Waals surface area contributed by atoms with E-state index in [0.717, 1.165) is 31.9 Å². The molecule has 0 saturated carbocycles. The SMILES string of the molecule is CC(OCC1CCCCO1)C(=O)Nc1ccc(F)cc1N. The normalized spacial score (nSPS) is 20.0. The van der Waals surface area contributed by atoms with Gasteiger partial charge >= 0.3 is 0 Å². The van der Waals surface area contributed by atoms with E-state index in [1.165, 1.54) is 12.1 Å². The van der Waals surface area contributed by atoms with Crippen LogP contribution in [0.3, 0.4) is 0 Å². The van der Waals surface area contributed by atoms with E-state index in [2.05, 4.69) is 5.32 Å². The van der Waals surface area contributed by atoms with Gasteiger partial charge in [0.15, 0.2) is 0 Å². The van der Waals surface area contributed by atoms with Crippen molar-refractivity contribution in [2.45, 2.75) is 38.4 Å². The molecule has 6 heteroatoms. The number of amides is 1. The quantitative estimate of drug-likeness (QED) is 0.818. The van der Waals surface area contributed by atoms with E-state index in [4.69, 9.17) is 15.2 Å². The Balaban J connectivity index is 1.81. The minimum absolute atomic E-state index is 0.0601. The van der Waals surface area contributed by atoms with Gasteiger partial charge in [-0.15, -0.1) is 0 Å². The first-order valence-corrected chi connectivity index (χ1v) is 7.15. The van der Waals surface area contributed by atoms with Gasteiger partial charge in [-0.1, -0.05) is 0 Å². The van der Waals surface area contributed by atoms with Gasteiger partial charge in [-0.05, 0) is 44.4 Å². The first-order valence-electron chi connectivity index (χ1n) is 7.15. The minimum Gasteiger partial charge on any atom is -0.397 e. The number of benzene rings is 1. The van der Waals surface area contributed by atoms with Crippen LogP contribution in [0, 0.1) is 5.82 Å². The number of hydrogen-bond acceptors (Lipinski definition) is 4. The summed E-state index contributed by atoms with van der Waals surface area (Å²) in [6.07, 6.45) is 2.60. The average molecular weight is 296 g/mol. The van der Waals surface area contributed by atoms with Crippen molar-refractivity contribution < 1.29 is 18.7 Å². The highest BCUT2D eigenvalue weighted by Crippen LogP contribution is 2.19. The fourth-order valence-electron chi connectivity index (χ4n) is 2.15. The maximum absolute atomic E-state index is 12.9. The Bertz CT molecular complexity index is 490. The third-order valence-corrected chi connectivity index (χ3v) is 3.45. The van der Waals surface area contributed by atoms with E-state index in [-0.39, 0.29) is 17.7 Å². The number of nitrogen functional groups attached to an aromatic ring is 1. The molecule has 0 aromatic heterocycles. The molecule has 3 N–H and O–H groups in total. The van der Waals surface area contributed by atoms with Crippen molar-refractivity contribution in [3.63, 3.8) is 0 Å². The Hall–Kier alpha value is -1.66. The van der Waals surface area contributed by atoms with Gasteiger partial charge in [0.2, 0.25) is 0 Å². The zero-order chi connectivity index (χ0) is 15.2. The van der Waals surface area contributed by atoms with E-state index < -0.39 is 11.9 Å². The van der Waals surface area contributed by atoms with E-state index in [9.17, 15) is 9.18 Å². The molecule has 0 bridgehead atoms. The molecule has 5 nitrogen and oxygen atoms in total. The van der Waals surface area contributed by atoms with Crippen molar-refractivity contribution in [2.75, 3.05) is 24.3 Å². The Morgan fingerprint density at radius 3 is 3.05 bits per heavy atom. The second kappa shape index (κ2) is 7.38. The molecule has 116 valence electrons. The van der Waals surface area contributed by atoms with Crippen LogP contribution >= 0.6 is 0 Å². The Labute approximate surface area is 123 Å². The lowest BCUT2D eigenvalue weighted by atomic mass is 10.1. The lowest BCUT2D eigenvalue weighted by Gasteiger charge is -2.24. The standard InChI is InChI=1S/C15H21FN2O3/c1-10(21-9-12-4-2-3-7-20-12)15(19)18-14-6-5-11(16)8-13(14)17/h5-6,8,10,12H,2-4,7,9,17H2,1H3,(H,18,19). The summed E-state index contributed by atoms with van der Waals surface area (Å²) in [4.78, 5) is 12.0. The molecule has 1 aromatic rings. The van der Waals surface area contributed by atoms with Crippen LogP contribution in [0.1, 0.15) is 26.2 Å². The van der Waals surface area contributed by atoms with Crippen molar-refractivity contribution in [3.05, 3.63) is 24.0 Å². The van der Waals surface area contributed by atoms with Gasteiger partial charge in [0.05, 0.1) is 24.1 Å². The second-order valence-corrected chi connectivity index (χ2v) is 5.18. The number of halogens is 1. The zero-order valence-electron chi connectivity index (χ0n) is 12.1. The predicted molar refractivity (Wildman–Crippen MR) is 78.4 cm³/mol. The van der Waals surface area contributed by atoms with E-state index in [1.807, 2.05) is 0 Å². The van der Waals surface area contributed by atoms with Crippen LogP contribution < -0.4 is 11.1 Å². The van der Waals surface area contributed by atoms with Crippen LogP contribution in [0.25, 0.3) is 0 Å². The first-order chi connectivity index (χ1) is 10.1. The van der Waals surface area contributed by atoms with Gasteiger partial charge in [-0.3, -0.25) is 4.79 Å². The van der Waals surface area contributed by atoms with Gasteiger partial charge in [-0.2, -0.15) is 0 Å². The van der Waals surface area contributed by atoms with E-state index in [0.29, 0.717) is 12.3 Å². The maximum atomic E-state index is 12.9. The van der Waals surface area contributed by atoms with Crippen LogP contribution in [0.2, 0.25) is 0 Å². The summed E-state index contributed by atoms with van der Waals surface area (Å²) in [5.41, 5.74) is 6.21. The van der Waals surface area contributed by atoms with Crippen molar-refractivity contribution in [1.82, 2.24) is 0 Å². The molecule has 1 fully saturated rings. The molecular weight excluding hydrogens is 275 g/mol. The van der Waals surface area contributed by atoms with E-state index >= 15 is 0 Å². The van der Waals surface area contributed by atoms with Crippen molar-refractivity contribution in [1.29, 1.82) is 0 Å². The fourth-order valence-corrected chi connectivity index (χ4v) is 2.15. The number of nitrogens with one attached hydrogen (secondary N) is 1. The Kier molecular flexibility index (Phi) is 5.52. The molecule has 1 amide bonds. The Morgan fingerprint density at radius 2 is 2.38 bits per heavy atom. The Morgan fingerprint density at radius 1 is 1.57 bits per heavy atom. The number of hydrogen-bond donors (Lipinski definition) is 2. The van der Waals surface area contributed by atoms with Gasteiger partial charge in [0.25, 0.3) is 5.91 Å².